The Morgan fingerprint density at radius 2 is 1.87 bits per heavy atom. The number of hydrogen-bond donors (Lipinski definition) is 3. The molecule has 7 nitrogen and oxygen atoms in total. The highest BCUT2D eigenvalue weighted by Gasteiger charge is 2.40. The minimum atomic E-state index is -4.90. The Morgan fingerprint density at radius 3 is 2.42 bits per heavy atom. The van der Waals surface area contributed by atoms with Crippen molar-refractivity contribution < 1.29 is 27.2 Å². The van der Waals surface area contributed by atoms with Gasteiger partial charge in [-0.2, -0.15) is 13.2 Å². The van der Waals surface area contributed by atoms with Crippen molar-refractivity contribution >= 4 is 11.8 Å². The third-order valence-corrected chi connectivity index (χ3v) is 5.34. The Morgan fingerprint density at radius 1 is 1.23 bits per heavy atom. The van der Waals surface area contributed by atoms with Gasteiger partial charge in [-0.3, -0.25) is 14.6 Å². The lowest BCUT2D eigenvalue weighted by atomic mass is 9.97. The first kappa shape index (κ1) is 22.4. The number of piperidine rings is 1. The van der Waals surface area contributed by atoms with Gasteiger partial charge in [0.2, 0.25) is 5.91 Å². The summed E-state index contributed by atoms with van der Waals surface area (Å²) in [6.07, 6.45) is -3.93. The SMILES string of the molecule is CC#CC(=O)N1CCC(N2NC(c3ccc(F)c(C(F)(F)F)c3)C(C(N)=O)=C2N)CC1. The number of primary amides is 1. The molecule has 1 aromatic rings. The van der Waals surface area contributed by atoms with Gasteiger partial charge in [0.15, 0.2) is 0 Å². The zero-order valence-corrected chi connectivity index (χ0v) is 16.6. The predicted octanol–water partition coefficient (Wildman–Crippen LogP) is 1.38. The topological polar surface area (TPSA) is 105 Å². The number of amides is 2. The molecule has 166 valence electrons. The van der Waals surface area contributed by atoms with Gasteiger partial charge in [0, 0.05) is 13.1 Å². The average Bonchev–Trinajstić information content (AvgIpc) is 3.05. The molecule has 1 fully saturated rings. The van der Waals surface area contributed by atoms with E-state index in [1.165, 1.54) is 5.01 Å². The van der Waals surface area contributed by atoms with E-state index >= 15 is 0 Å². The van der Waals surface area contributed by atoms with E-state index in [1.807, 2.05) is 0 Å². The second kappa shape index (κ2) is 8.47. The number of rotatable bonds is 3. The summed E-state index contributed by atoms with van der Waals surface area (Å²) in [7, 11) is 0. The van der Waals surface area contributed by atoms with E-state index in [4.69, 9.17) is 11.5 Å². The van der Waals surface area contributed by atoms with Crippen molar-refractivity contribution in [1.82, 2.24) is 15.3 Å². The number of nitrogens with zero attached hydrogens (tertiary/aromatic N) is 2. The maximum absolute atomic E-state index is 13.7. The Balaban J connectivity index is 1.86. The van der Waals surface area contributed by atoms with Gasteiger partial charge in [0.1, 0.15) is 11.6 Å². The van der Waals surface area contributed by atoms with Crippen molar-refractivity contribution in [3.05, 3.63) is 46.5 Å². The van der Waals surface area contributed by atoms with Crippen LogP contribution in [0.5, 0.6) is 0 Å². The lowest BCUT2D eigenvalue weighted by molar-refractivity contribution is -0.140. The van der Waals surface area contributed by atoms with E-state index in [0.717, 1.165) is 6.07 Å². The van der Waals surface area contributed by atoms with Gasteiger partial charge in [0.25, 0.3) is 5.91 Å². The van der Waals surface area contributed by atoms with E-state index in [9.17, 15) is 27.2 Å². The number of carbonyl (C=O) groups excluding carboxylic acids is 2. The summed E-state index contributed by atoms with van der Waals surface area (Å²) in [6, 6.07) is 1.17. The number of alkyl halides is 3. The van der Waals surface area contributed by atoms with Gasteiger partial charge >= 0.3 is 6.18 Å². The molecule has 3 rings (SSSR count). The third-order valence-electron chi connectivity index (χ3n) is 5.34. The van der Waals surface area contributed by atoms with Gasteiger partial charge in [-0.05, 0) is 43.4 Å². The van der Waals surface area contributed by atoms with Crippen molar-refractivity contribution in [3.8, 4) is 11.8 Å². The number of nitrogens with one attached hydrogen (secondary N) is 1. The molecular weight excluding hydrogens is 418 g/mol. The zero-order chi connectivity index (χ0) is 22.9. The highest BCUT2D eigenvalue weighted by atomic mass is 19.4. The number of likely N-dealkylation sites (tertiary alicyclic amines) is 1. The van der Waals surface area contributed by atoms with Crippen LogP contribution < -0.4 is 16.9 Å². The quantitative estimate of drug-likeness (QED) is 0.488. The standard InChI is InChI=1S/C20H21F4N5O2/c1-2-3-15(30)28-8-6-12(7-9-28)29-18(25)16(19(26)31)17(27-29)11-4-5-14(21)13(10-11)20(22,23)24/h4-5,10,12,17,27H,6-9,25H2,1H3,(H2,26,31). The van der Waals surface area contributed by atoms with Gasteiger partial charge in [-0.15, -0.1) is 0 Å². The Kier molecular flexibility index (Phi) is 6.13. The number of carbonyl (C=O) groups is 2. The number of benzene rings is 1. The van der Waals surface area contributed by atoms with E-state index in [2.05, 4.69) is 17.3 Å². The van der Waals surface area contributed by atoms with Crippen LogP contribution in [0.1, 0.15) is 36.9 Å². The predicted molar refractivity (Wildman–Crippen MR) is 103 cm³/mol. The van der Waals surface area contributed by atoms with Crippen LogP contribution in [-0.2, 0) is 15.8 Å². The maximum Gasteiger partial charge on any atom is 0.419 e. The van der Waals surface area contributed by atoms with E-state index in [-0.39, 0.29) is 28.9 Å². The van der Waals surface area contributed by atoms with Crippen LogP contribution in [0, 0.1) is 17.7 Å². The van der Waals surface area contributed by atoms with Gasteiger partial charge in [-0.25, -0.2) is 9.82 Å². The van der Waals surface area contributed by atoms with Gasteiger partial charge in [-0.1, -0.05) is 12.0 Å². The summed E-state index contributed by atoms with van der Waals surface area (Å²) in [5, 5.41) is 1.49. The molecule has 31 heavy (non-hydrogen) atoms. The summed E-state index contributed by atoms with van der Waals surface area (Å²) in [5.41, 5.74) is 13.0. The van der Waals surface area contributed by atoms with Crippen LogP contribution in [0.3, 0.4) is 0 Å². The minimum Gasteiger partial charge on any atom is -0.384 e. The second-order valence-electron chi connectivity index (χ2n) is 7.23. The highest BCUT2D eigenvalue weighted by Crippen LogP contribution is 2.37. The highest BCUT2D eigenvalue weighted by molar-refractivity contribution is 5.94. The third kappa shape index (κ3) is 4.44. The molecule has 2 amide bonds. The Labute approximate surface area is 176 Å². The maximum atomic E-state index is 13.7. The Bertz CT molecular complexity index is 988. The van der Waals surface area contributed by atoms with Crippen LogP contribution in [0.15, 0.2) is 29.6 Å². The molecule has 1 aromatic carbocycles. The summed E-state index contributed by atoms with van der Waals surface area (Å²) >= 11 is 0. The summed E-state index contributed by atoms with van der Waals surface area (Å²) in [6.45, 7) is 2.36. The van der Waals surface area contributed by atoms with Gasteiger partial charge < -0.3 is 16.4 Å². The average molecular weight is 439 g/mol. The normalized spacial score (nSPS) is 20.0. The fourth-order valence-electron chi connectivity index (χ4n) is 3.82. The molecule has 0 spiro atoms. The Hall–Kier alpha value is -3.26. The molecule has 11 heteroatoms. The number of nitrogens with two attached hydrogens (primary N) is 2. The molecule has 5 N–H and O–H groups in total. The lowest BCUT2D eigenvalue weighted by Crippen LogP contribution is -2.50. The molecule has 0 saturated carbocycles. The molecule has 0 aromatic heterocycles. The van der Waals surface area contributed by atoms with Crippen molar-refractivity contribution in [2.45, 2.75) is 38.0 Å². The van der Waals surface area contributed by atoms with E-state index in [1.54, 1.807) is 11.8 Å². The molecule has 0 bridgehead atoms. The number of hydrogen-bond acceptors (Lipinski definition) is 5. The molecule has 1 atom stereocenters. The van der Waals surface area contributed by atoms with Crippen molar-refractivity contribution in [2.24, 2.45) is 11.5 Å². The van der Waals surface area contributed by atoms with Crippen LogP contribution in [-0.4, -0.2) is 40.9 Å². The van der Waals surface area contributed by atoms with Crippen molar-refractivity contribution in [2.75, 3.05) is 13.1 Å². The molecule has 1 saturated heterocycles. The minimum absolute atomic E-state index is 0.00110. The number of hydrazine groups is 1. The molecule has 2 aliphatic heterocycles. The smallest absolute Gasteiger partial charge is 0.384 e. The van der Waals surface area contributed by atoms with Crippen LogP contribution in [0.4, 0.5) is 17.6 Å². The monoisotopic (exact) mass is 439 g/mol. The molecule has 2 aliphatic rings. The molecule has 1 unspecified atom stereocenters. The number of halogens is 4. The fraction of sp³-hybridized carbons (Fsp3) is 0.400. The van der Waals surface area contributed by atoms with E-state index in [0.29, 0.717) is 38.1 Å². The first-order chi connectivity index (χ1) is 14.5. The van der Waals surface area contributed by atoms with Crippen molar-refractivity contribution in [1.29, 1.82) is 0 Å². The van der Waals surface area contributed by atoms with Crippen LogP contribution in [0.25, 0.3) is 0 Å². The molecular formula is C20H21F4N5O2. The second-order valence-corrected chi connectivity index (χ2v) is 7.23. The first-order valence-corrected chi connectivity index (χ1v) is 9.47. The van der Waals surface area contributed by atoms with Crippen LogP contribution in [0.2, 0.25) is 0 Å². The van der Waals surface area contributed by atoms with Gasteiger partial charge in [0.05, 0.1) is 23.2 Å². The summed E-state index contributed by atoms with van der Waals surface area (Å²) < 4.78 is 53.1. The molecule has 0 radical (unpaired) electrons. The summed E-state index contributed by atoms with van der Waals surface area (Å²) in [4.78, 5) is 25.5. The van der Waals surface area contributed by atoms with Crippen molar-refractivity contribution in [3.63, 3.8) is 0 Å². The summed E-state index contributed by atoms with van der Waals surface area (Å²) in [5.74, 6) is 2.40. The largest absolute Gasteiger partial charge is 0.419 e. The first-order valence-electron chi connectivity index (χ1n) is 9.47. The molecule has 2 heterocycles. The van der Waals surface area contributed by atoms with E-state index < -0.39 is 29.5 Å². The zero-order valence-electron chi connectivity index (χ0n) is 16.6. The molecule has 0 aliphatic carbocycles. The van der Waals surface area contributed by atoms with Crippen LogP contribution >= 0.6 is 0 Å². The fourth-order valence-corrected chi connectivity index (χ4v) is 3.82. The lowest BCUT2D eigenvalue weighted by Gasteiger charge is -2.37.